The van der Waals surface area contributed by atoms with E-state index < -0.39 is 17.8 Å². The third-order valence-electron chi connectivity index (χ3n) is 6.65. The number of pyridine rings is 2. The smallest absolute Gasteiger partial charge is 0.389 e. The average Bonchev–Trinajstić information content (AvgIpc) is 3.34. The fraction of sp³-hybridized carbons (Fsp3) is 0.423. The Balaban J connectivity index is 0.00000304. The Morgan fingerprint density at radius 2 is 1.78 bits per heavy atom. The molecule has 0 spiro atoms. The van der Waals surface area contributed by atoms with Crippen molar-refractivity contribution < 1.29 is 18.3 Å². The van der Waals surface area contributed by atoms with Crippen LogP contribution in [-0.4, -0.2) is 54.5 Å². The quantitative estimate of drug-likeness (QED) is 0.375. The highest BCUT2D eigenvalue weighted by molar-refractivity contribution is 5.85. The van der Waals surface area contributed by atoms with Crippen molar-refractivity contribution in [2.24, 2.45) is 0 Å². The summed E-state index contributed by atoms with van der Waals surface area (Å²) in [4.78, 5) is 6.15. The number of aromatic nitrogens is 4. The summed E-state index contributed by atoms with van der Waals surface area (Å²) in [6.07, 6.45) is -2.78. The maximum Gasteiger partial charge on any atom is 0.408 e. The lowest BCUT2D eigenvalue weighted by molar-refractivity contribution is -0.185. The number of fused-ring (bicyclic) bond motifs is 2. The molecule has 0 amide bonds. The number of halogens is 4. The molecule has 36 heavy (non-hydrogen) atoms. The van der Waals surface area contributed by atoms with Crippen molar-refractivity contribution in [3.8, 4) is 11.5 Å². The Labute approximate surface area is 213 Å². The Morgan fingerprint density at radius 3 is 2.42 bits per heavy atom. The van der Waals surface area contributed by atoms with Gasteiger partial charge in [0.15, 0.2) is 11.5 Å². The number of benzene rings is 1. The first-order valence-electron chi connectivity index (χ1n) is 11.6. The van der Waals surface area contributed by atoms with E-state index >= 15 is 0 Å². The summed E-state index contributed by atoms with van der Waals surface area (Å²) in [7, 11) is 0. The molecule has 0 aliphatic carbocycles. The highest BCUT2D eigenvalue weighted by Crippen LogP contribution is 2.41. The first kappa shape index (κ1) is 26.3. The summed E-state index contributed by atoms with van der Waals surface area (Å²) in [5.74, 6) is 0.377. The van der Waals surface area contributed by atoms with Crippen LogP contribution in [0.4, 0.5) is 13.2 Å². The maximum absolute atomic E-state index is 14.2. The number of para-hydroxylation sites is 1. The second-order valence-electron chi connectivity index (χ2n) is 10.7. The molecule has 1 fully saturated rings. The molecule has 4 heterocycles. The molecular formula is C26H29ClF3N5O. The third kappa shape index (κ3) is 4.79. The minimum Gasteiger partial charge on any atom is -0.389 e. The van der Waals surface area contributed by atoms with Crippen LogP contribution in [0.5, 0.6) is 0 Å². The van der Waals surface area contributed by atoms with Crippen molar-refractivity contribution in [3.05, 3.63) is 59.8 Å². The van der Waals surface area contributed by atoms with Crippen molar-refractivity contribution in [1.29, 1.82) is 0 Å². The molecule has 1 aromatic carbocycles. The SMILES string of the molecule is CC1(O)CCN([C@H](c2ccc3nnc(-c4ccc5cccc(C(C)(C)C)c5n4)n3c2)C(F)(F)F)C1.Cl. The molecule has 1 unspecified atom stereocenters. The molecule has 4 aromatic rings. The minimum atomic E-state index is -4.51. The van der Waals surface area contributed by atoms with Gasteiger partial charge in [-0.2, -0.15) is 13.2 Å². The lowest BCUT2D eigenvalue weighted by Crippen LogP contribution is -2.39. The fourth-order valence-corrected chi connectivity index (χ4v) is 4.93. The monoisotopic (exact) mass is 519 g/mol. The number of likely N-dealkylation sites (tertiary alicyclic amines) is 1. The summed E-state index contributed by atoms with van der Waals surface area (Å²) >= 11 is 0. The highest BCUT2D eigenvalue weighted by atomic mass is 35.5. The van der Waals surface area contributed by atoms with Crippen LogP contribution in [0.1, 0.15) is 51.3 Å². The zero-order chi connectivity index (χ0) is 25.2. The van der Waals surface area contributed by atoms with Gasteiger partial charge >= 0.3 is 6.18 Å². The number of rotatable bonds is 3. The standard InChI is InChI=1S/C26H28F3N5O.ClH/c1-24(2,3)18-7-5-6-16-8-10-19(30-21(16)18)23-32-31-20-11-9-17(14-34(20)23)22(26(27,28)29)33-13-12-25(4,35)15-33;/h5-11,14,22,35H,12-13,15H2,1-4H3;1H/t22-,25?;/m1./s1. The zero-order valence-corrected chi connectivity index (χ0v) is 21.4. The predicted octanol–water partition coefficient (Wildman–Crippen LogP) is 5.72. The van der Waals surface area contributed by atoms with Gasteiger partial charge in [-0.25, -0.2) is 4.98 Å². The van der Waals surface area contributed by atoms with E-state index in [9.17, 15) is 18.3 Å². The molecule has 0 bridgehead atoms. The van der Waals surface area contributed by atoms with E-state index in [4.69, 9.17) is 4.98 Å². The summed E-state index contributed by atoms with van der Waals surface area (Å²) in [5.41, 5.74) is 1.66. The summed E-state index contributed by atoms with van der Waals surface area (Å²) in [6, 6.07) is 10.9. The minimum absolute atomic E-state index is 0. The maximum atomic E-state index is 14.2. The van der Waals surface area contributed by atoms with Crippen LogP contribution < -0.4 is 0 Å². The normalized spacial score (nSPS) is 20.1. The number of alkyl halides is 3. The number of β-amino-alcohol motifs (C(OH)–C–C–N with tert-alkyl or cyclic N) is 1. The van der Waals surface area contributed by atoms with Gasteiger partial charge in [0, 0.05) is 24.7 Å². The van der Waals surface area contributed by atoms with Crippen LogP contribution >= 0.6 is 12.4 Å². The van der Waals surface area contributed by atoms with Gasteiger partial charge in [-0.3, -0.25) is 9.30 Å². The van der Waals surface area contributed by atoms with E-state index in [0.29, 0.717) is 17.2 Å². The fourth-order valence-electron chi connectivity index (χ4n) is 4.93. The highest BCUT2D eigenvalue weighted by Gasteiger charge is 2.48. The van der Waals surface area contributed by atoms with Crippen molar-refractivity contribution in [1.82, 2.24) is 24.5 Å². The number of nitrogens with zero attached hydrogens (tertiary/aromatic N) is 5. The van der Waals surface area contributed by atoms with Crippen LogP contribution in [0, 0.1) is 0 Å². The van der Waals surface area contributed by atoms with Crippen LogP contribution in [0.3, 0.4) is 0 Å². The third-order valence-corrected chi connectivity index (χ3v) is 6.65. The average molecular weight is 520 g/mol. The summed E-state index contributed by atoms with van der Waals surface area (Å²) < 4.78 is 44.2. The van der Waals surface area contributed by atoms with Crippen molar-refractivity contribution in [3.63, 3.8) is 0 Å². The van der Waals surface area contributed by atoms with Crippen LogP contribution in [-0.2, 0) is 5.41 Å². The van der Waals surface area contributed by atoms with E-state index in [0.717, 1.165) is 16.5 Å². The zero-order valence-electron chi connectivity index (χ0n) is 20.5. The van der Waals surface area contributed by atoms with E-state index in [2.05, 4.69) is 31.0 Å². The van der Waals surface area contributed by atoms with Crippen LogP contribution in [0.25, 0.3) is 28.1 Å². The van der Waals surface area contributed by atoms with Gasteiger partial charge in [0.2, 0.25) is 0 Å². The number of aliphatic hydroxyl groups is 1. The Hall–Kier alpha value is -2.75. The van der Waals surface area contributed by atoms with Crippen LogP contribution in [0.2, 0.25) is 0 Å². The molecule has 1 saturated heterocycles. The molecule has 0 saturated carbocycles. The first-order valence-corrected chi connectivity index (χ1v) is 11.6. The summed E-state index contributed by atoms with van der Waals surface area (Å²) in [6.45, 7) is 8.02. The van der Waals surface area contributed by atoms with E-state index in [1.54, 1.807) is 17.4 Å². The second-order valence-corrected chi connectivity index (χ2v) is 10.7. The molecule has 192 valence electrons. The molecule has 6 nitrogen and oxygen atoms in total. The van der Waals surface area contributed by atoms with Gasteiger partial charge in [0.05, 0.1) is 11.1 Å². The van der Waals surface area contributed by atoms with E-state index in [-0.39, 0.29) is 42.9 Å². The lowest BCUT2D eigenvalue weighted by Gasteiger charge is -2.30. The molecule has 5 rings (SSSR count). The molecular weight excluding hydrogens is 491 g/mol. The molecule has 2 atom stereocenters. The predicted molar refractivity (Wildman–Crippen MR) is 135 cm³/mol. The second kappa shape index (κ2) is 8.97. The van der Waals surface area contributed by atoms with Gasteiger partial charge in [-0.05, 0) is 42.0 Å². The van der Waals surface area contributed by atoms with Gasteiger partial charge < -0.3 is 5.11 Å². The number of hydrogen-bond donors (Lipinski definition) is 1. The number of hydrogen-bond acceptors (Lipinski definition) is 5. The van der Waals surface area contributed by atoms with Gasteiger partial charge in [0.25, 0.3) is 0 Å². The van der Waals surface area contributed by atoms with Crippen molar-refractivity contribution >= 4 is 29.0 Å². The van der Waals surface area contributed by atoms with E-state index in [1.165, 1.54) is 17.2 Å². The van der Waals surface area contributed by atoms with Crippen LogP contribution in [0.15, 0.2) is 48.7 Å². The Bertz CT molecular complexity index is 1410. The van der Waals surface area contributed by atoms with Crippen molar-refractivity contribution in [2.45, 2.75) is 57.3 Å². The first-order chi connectivity index (χ1) is 16.3. The molecule has 1 aliphatic heterocycles. The molecule has 3 aromatic heterocycles. The largest absolute Gasteiger partial charge is 0.408 e. The molecule has 1 N–H and O–H groups in total. The summed E-state index contributed by atoms with van der Waals surface area (Å²) in [5, 5.41) is 19.7. The van der Waals surface area contributed by atoms with E-state index in [1.807, 2.05) is 30.3 Å². The van der Waals surface area contributed by atoms with Crippen molar-refractivity contribution in [2.75, 3.05) is 13.1 Å². The molecule has 10 heteroatoms. The topological polar surface area (TPSA) is 66.5 Å². The molecule has 1 aliphatic rings. The Morgan fingerprint density at radius 1 is 1.03 bits per heavy atom. The van der Waals surface area contributed by atoms with Gasteiger partial charge in [0.1, 0.15) is 11.7 Å². The van der Waals surface area contributed by atoms with Gasteiger partial charge in [-0.1, -0.05) is 51.1 Å². The Kier molecular flexibility index (Phi) is 6.56. The van der Waals surface area contributed by atoms with Gasteiger partial charge in [-0.15, -0.1) is 22.6 Å². The molecule has 0 radical (unpaired) electrons. The lowest BCUT2D eigenvalue weighted by atomic mass is 9.85.